The third-order valence-electron chi connectivity index (χ3n) is 4.32. The van der Waals surface area contributed by atoms with Gasteiger partial charge in [-0.05, 0) is 30.5 Å². The number of urea groups is 1. The molecule has 0 aliphatic carbocycles. The van der Waals surface area contributed by atoms with Gasteiger partial charge in [0.05, 0.1) is 4.92 Å². The molecule has 0 bridgehead atoms. The number of nitrogens with one attached hydrogen (secondary N) is 1. The molecule has 10 nitrogen and oxygen atoms in total. The molecule has 1 fully saturated rings. The second-order valence-electron chi connectivity index (χ2n) is 6.95. The Balaban J connectivity index is 1.79. The minimum absolute atomic E-state index is 0.0977. The van der Waals surface area contributed by atoms with Gasteiger partial charge in [0, 0.05) is 18.6 Å². The Morgan fingerprint density at radius 2 is 1.96 bits per heavy atom. The molecule has 2 aromatic rings. The molecule has 3 rings (SSSR count). The number of hydrogen-bond acceptors (Lipinski definition) is 7. The highest BCUT2D eigenvalue weighted by atomic mass is 16.6. The third kappa shape index (κ3) is 3.50. The number of aromatic nitrogens is 2. The summed E-state index contributed by atoms with van der Waals surface area (Å²) in [4.78, 5) is 40.7. The molecule has 1 aromatic carbocycles. The van der Waals surface area contributed by atoms with Crippen molar-refractivity contribution in [3.63, 3.8) is 0 Å². The lowest BCUT2D eigenvalue weighted by Gasteiger charge is -2.21. The highest BCUT2D eigenvalue weighted by Gasteiger charge is 2.49. The molecular weight excluding hydrogens is 354 g/mol. The number of non-ortho nitro benzene ring substituents is 1. The van der Waals surface area contributed by atoms with E-state index in [1.807, 2.05) is 13.8 Å². The summed E-state index contributed by atoms with van der Waals surface area (Å²) in [7, 11) is 0. The fourth-order valence-corrected chi connectivity index (χ4v) is 2.89. The molecule has 1 aliphatic heterocycles. The van der Waals surface area contributed by atoms with Gasteiger partial charge < -0.3 is 9.84 Å². The zero-order valence-corrected chi connectivity index (χ0v) is 15.1. The normalized spacial score (nSPS) is 19.6. The van der Waals surface area contributed by atoms with Gasteiger partial charge in [0.2, 0.25) is 5.89 Å². The van der Waals surface area contributed by atoms with Crippen molar-refractivity contribution in [3.8, 4) is 0 Å². The van der Waals surface area contributed by atoms with Crippen molar-refractivity contribution in [3.05, 3.63) is 51.7 Å². The number of carbonyl (C=O) groups is 2. The molecular formula is C17H19N5O5. The van der Waals surface area contributed by atoms with Crippen molar-refractivity contribution in [2.75, 3.05) is 0 Å². The van der Waals surface area contributed by atoms with E-state index in [9.17, 15) is 19.7 Å². The lowest BCUT2D eigenvalue weighted by Crippen LogP contribution is -2.40. The molecule has 10 heteroatoms. The third-order valence-corrected chi connectivity index (χ3v) is 4.32. The van der Waals surface area contributed by atoms with E-state index in [1.54, 1.807) is 6.92 Å². The van der Waals surface area contributed by atoms with Gasteiger partial charge in [0.15, 0.2) is 5.82 Å². The topological polar surface area (TPSA) is 131 Å². The molecule has 1 atom stereocenters. The standard InChI is InChI=1S/C17H19N5O5/c1-10(2)8-13-18-14(27-20-13)9-21-15(23)17(3,19-16(21)24)11-4-6-12(7-5-11)22(25)26/h4-7,10H,8-9H2,1-3H3,(H,19,24). The first-order chi connectivity index (χ1) is 12.7. The maximum atomic E-state index is 12.9. The fourth-order valence-electron chi connectivity index (χ4n) is 2.89. The van der Waals surface area contributed by atoms with Crippen LogP contribution in [0.4, 0.5) is 10.5 Å². The van der Waals surface area contributed by atoms with E-state index in [4.69, 9.17) is 4.52 Å². The van der Waals surface area contributed by atoms with Gasteiger partial charge in [-0.1, -0.05) is 19.0 Å². The zero-order valence-electron chi connectivity index (χ0n) is 15.1. The average Bonchev–Trinajstić information content (AvgIpc) is 3.13. The van der Waals surface area contributed by atoms with Crippen molar-refractivity contribution in [1.29, 1.82) is 0 Å². The largest absolute Gasteiger partial charge is 0.337 e. The maximum Gasteiger partial charge on any atom is 0.325 e. The van der Waals surface area contributed by atoms with Crippen molar-refractivity contribution >= 4 is 17.6 Å². The van der Waals surface area contributed by atoms with Crippen LogP contribution in [0.2, 0.25) is 0 Å². The van der Waals surface area contributed by atoms with E-state index >= 15 is 0 Å². The minimum Gasteiger partial charge on any atom is -0.337 e. The minimum atomic E-state index is -1.33. The first-order valence-corrected chi connectivity index (χ1v) is 8.41. The van der Waals surface area contributed by atoms with Gasteiger partial charge in [-0.3, -0.25) is 19.8 Å². The SMILES string of the molecule is CC(C)Cc1noc(CN2C(=O)NC(C)(c3ccc([N+](=O)[O-])cc3)C2=O)n1. The van der Waals surface area contributed by atoms with Gasteiger partial charge in [-0.2, -0.15) is 4.98 Å². The number of nitrogens with zero attached hydrogens (tertiary/aromatic N) is 4. The van der Waals surface area contributed by atoms with E-state index in [2.05, 4.69) is 15.5 Å². The van der Waals surface area contributed by atoms with E-state index < -0.39 is 22.4 Å². The second kappa shape index (κ2) is 6.78. The molecule has 27 heavy (non-hydrogen) atoms. The van der Waals surface area contributed by atoms with Crippen LogP contribution in [0.25, 0.3) is 0 Å². The van der Waals surface area contributed by atoms with Crippen LogP contribution in [0, 0.1) is 16.0 Å². The van der Waals surface area contributed by atoms with E-state index in [0.29, 0.717) is 23.7 Å². The Kier molecular flexibility index (Phi) is 4.64. The molecule has 0 spiro atoms. The van der Waals surface area contributed by atoms with E-state index in [1.165, 1.54) is 24.3 Å². The number of benzene rings is 1. The summed E-state index contributed by atoms with van der Waals surface area (Å²) in [6.45, 7) is 5.44. The molecule has 1 aliphatic rings. The van der Waals surface area contributed by atoms with Gasteiger partial charge in [-0.25, -0.2) is 4.79 Å². The van der Waals surface area contributed by atoms with Crippen LogP contribution in [0.1, 0.15) is 38.0 Å². The number of nitro benzene ring substituents is 1. The van der Waals surface area contributed by atoms with Crippen molar-refractivity contribution in [1.82, 2.24) is 20.4 Å². The van der Waals surface area contributed by atoms with Crippen LogP contribution in [0.15, 0.2) is 28.8 Å². The molecule has 0 saturated carbocycles. The first-order valence-electron chi connectivity index (χ1n) is 8.41. The molecule has 2 heterocycles. The number of rotatable bonds is 6. The number of hydrogen-bond donors (Lipinski definition) is 1. The van der Waals surface area contributed by atoms with Crippen LogP contribution in [-0.2, 0) is 23.3 Å². The van der Waals surface area contributed by atoms with Gasteiger partial charge in [0.25, 0.3) is 11.6 Å². The summed E-state index contributed by atoms with van der Waals surface area (Å²) in [5.41, 5.74) is -0.980. The van der Waals surface area contributed by atoms with Gasteiger partial charge in [-0.15, -0.1) is 0 Å². The first kappa shape index (κ1) is 18.5. The summed E-state index contributed by atoms with van der Waals surface area (Å²) in [6, 6.07) is 4.89. The summed E-state index contributed by atoms with van der Waals surface area (Å²) in [5.74, 6) is 0.537. The number of amides is 3. The average molecular weight is 373 g/mol. The van der Waals surface area contributed by atoms with Crippen LogP contribution in [-0.4, -0.2) is 31.9 Å². The molecule has 3 amide bonds. The zero-order chi connectivity index (χ0) is 19.8. The predicted molar refractivity (Wildman–Crippen MR) is 92.4 cm³/mol. The maximum absolute atomic E-state index is 12.9. The summed E-state index contributed by atoms with van der Waals surface area (Å²) >= 11 is 0. The highest BCUT2D eigenvalue weighted by Crippen LogP contribution is 2.30. The molecule has 1 saturated heterocycles. The van der Waals surface area contributed by atoms with Crippen molar-refractivity contribution < 1.29 is 19.0 Å². The number of nitro groups is 1. The summed E-state index contributed by atoms with van der Waals surface area (Å²) in [6.07, 6.45) is 0.629. The molecule has 1 aromatic heterocycles. The quantitative estimate of drug-likeness (QED) is 0.466. The molecule has 1 N–H and O–H groups in total. The Morgan fingerprint density at radius 1 is 1.30 bits per heavy atom. The van der Waals surface area contributed by atoms with Crippen molar-refractivity contribution in [2.45, 2.75) is 39.3 Å². The van der Waals surface area contributed by atoms with Crippen LogP contribution in [0.5, 0.6) is 0 Å². The Hall–Kier alpha value is -3.30. The molecule has 1 unspecified atom stereocenters. The second-order valence-corrected chi connectivity index (χ2v) is 6.95. The summed E-state index contributed by atoms with van der Waals surface area (Å²) in [5, 5.41) is 17.3. The summed E-state index contributed by atoms with van der Waals surface area (Å²) < 4.78 is 5.13. The number of imide groups is 1. The van der Waals surface area contributed by atoms with Crippen LogP contribution < -0.4 is 5.32 Å². The monoisotopic (exact) mass is 373 g/mol. The van der Waals surface area contributed by atoms with Gasteiger partial charge in [0.1, 0.15) is 12.1 Å². The highest BCUT2D eigenvalue weighted by molar-refractivity contribution is 6.07. The van der Waals surface area contributed by atoms with Crippen LogP contribution in [0.3, 0.4) is 0 Å². The van der Waals surface area contributed by atoms with E-state index in [-0.39, 0.29) is 18.1 Å². The lowest BCUT2D eigenvalue weighted by molar-refractivity contribution is -0.384. The Morgan fingerprint density at radius 3 is 2.56 bits per heavy atom. The smallest absolute Gasteiger partial charge is 0.325 e. The lowest BCUT2D eigenvalue weighted by atomic mass is 9.92. The van der Waals surface area contributed by atoms with E-state index in [0.717, 1.165) is 4.90 Å². The van der Waals surface area contributed by atoms with Gasteiger partial charge >= 0.3 is 6.03 Å². The molecule has 0 radical (unpaired) electrons. The fraction of sp³-hybridized carbons (Fsp3) is 0.412. The molecule has 142 valence electrons. The van der Waals surface area contributed by atoms with Crippen LogP contribution >= 0.6 is 0 Å². The predicted octanol–water partition coefficient (Wildman–Crippen LogP) is 2.14. The number of carbonyl (C=O) groups excluding carboxylic acids is 2. The van der Waals surface area contributed by atoms with Crippen molar-refractivity contribution in [2.24, 2.45) is 5.92 Å². The Bertz CT molecular complexity index is 891. The Labute approximate surface area is 154 Å².